The van der Waals surface area contributed by atoms with Crippen molar-refractivity contribution in [3.8, 4) is 0 Å². The van der Waals surface area contributed by atoms with E-state index in [1.54, 1.807) is 0 Å². The van der Waals surface area contributed by atoms with E-state index >= 15 is 0 Å². The summed E-state index contributed by atoms with van der Waals surface area (Å²) in [4.78, 5) is 2.59. The Morgan fingerprint density at radius 1 is 0.903 bits per heavy atom. The van der Waals surface area contributed by atoms with Gasteiger partial charge in [0.2, 0.25) is 0 Å². The summed E-state index contributed by atoms with van der Waals surface area (Å²) in [6.45, 7) is 10.4. The van der Waals surface area contributed by atoms with Gasteiger partial charge in [0.05, 0.1) is 19.8 Å². The molecule has 0 aliphatic carbocycles. The van der Waals surface area contributed by atoms with Crippen molar-refractivity contribution in [2.75, 3.05) is 39.5 Å². The molecular weight excluding hydrogens is 386 g/mol. The van der Waals surface area contributed by atoms with Crippen LogP contribution in [0.15, 0.2) is 54.6 Å². The highest BCUT2D eigenvalue weighted by atomic mass is 16.7. The summed E-state index contributed by atoms with van der Waals surface area (Å²) >= 11 is 0. The molecule has 4 heteroatoms. The molecule has 0 N–H and O–H groups in total. The van der Waals surface area contributed by atoms with Crippen LogP contribution in [0.25, 0.3) is 0 Å². The first-order valence-corrected chi connectivity index (χ1v) is 11.8. The Morgan fingerprint density at radius 2 is 1.58 bits per heavy atom. The lowest BCUT2D eigenvalue weighted by molar-refractivity contribution is -0.149. The molecule has 2 fully saturated rings. The normalized spacial score (nSPS) is 20.7. The second-order valence-electron chi connectivity index (χ2n) is 9.24. The number of benzene rings is 2. The van der Waals surface area contributed by atoms with Crippen LogP contribution >= 0.6 is 0 Å². The number of hydrogen-bond donors (Lipinski definition) is 0. The smallest absolute Gasteiger partial charge is 0.192 e. The quantitative estimate of drug-likeness (QED) is 0.558. The molecule has 4 rings (SSSR count). The SMILES string of the molecule is CCOCC1(CCc2ccccc2)CCN(Cc2ccc(C3(C)OCCO3)cc2)CC1. The maximum absolute atomic E-state index is 5.95. The van der Waals surface area contributed by atoms with Crippen LogP contribution in [0.5, 0.6) is 0 Å². The highest BCUT2D eigenvalue weighted by molar-refractivity contribution is 5.26. The molecule has 2 aliphatic rings. The van der Waals surface area contributed by atoms with Gasteiger partial charge in [0.25, 0.3) is 0 Å². The summed E-state index contributed by atoms with van der Waals surface area (Å²) in [5.74, 6) is -0.582. The number of ether oxygens (including phenoxy) is 3. The lowest BCUT2D eigenvalue weighted by Gasteiger charge is -2.42. The topological polar surface area (TPSA) is 30.9 Å². The molecule has 31 heavy (non-hydrogen) atoms. The van der Waals surface area contributed by atoms with Crippen molar-refractivity contribution in [3.05, 3.63) is 71.3 Å². The highest BCUT2D eigenvalue weighted by Gasteiger charge is 2.35. The fourth-order valence-corrected chi connectivity index (χ4v) is 4.88. The van der Waals surface area contributed by atoms with E-state index < -0.39 is 5.79 Å². The van der Waals surface area contributed by atoms with Crippen molar-refractivity contribution < 1.29 is 14.2 Å². The Labute approximate surface area is 187 Å². The summed E-state index contributed by atoms with van der Waals surface area (Å²) < 4.78 is 17.5. The molecule has 2 aromatic rings. The van der Waals surface area contributed by atoms with E-state index in [0.29, 0.717) is 18.6 Å². The predicted octanol–water partition coefficient (Wildman–Crippen LogP) is 5.16. The lowest BCUT2D eigenvalue weighted by atomic mass is 9.74. The second-order valence-corrected chi connectivity index (χ2v) is 9.24. The van der Waals surface area contributed by atoms with Gasteiger partial charge in [0.1, 0.15) is 0 Å². The summed E-state index contributed by atoms with van der Waals surface area (Å²) in [5, 5.41) is 0. The highest BCUT2D eigenvalue weighted by Crippen LogP contribution is 2.37. The minimum absolute atomic E-state index is 0.304. The predicted molar refractivity (Wildman–Crippen MR) is 124 cm³/mol. The van der Waals surface area contributed by atoms with Crippen LogP contribution in [0, 0.1) is 5.41 Å². The molecular formula is C27H37NO3. The van der Waals surface area contributed by atoms with Gasteiger partial charge in [-0.05, 0) is 69.2 Å². The van der Waals surface area contributed by atoms with Crippen LogP contribution in [0.4, 0.5) is 0 Å². The van der Waals surface area contributed by atoms with Crippen LogP contribution in [0.2, 0.25) is 0 Å². The zero-order chi connectivity index (χ0) is 21.6. The van der Waals surface area contributed by atoms with E-state index in [4.69, 9.17) is 14.2 Å². The van der Waals surface area contributed by atoms with Gasteiger partial charge in [-0.15, -0.1) is 0 Å². The zero-order valence-corrected chi connectivity index (χ0v) is 19.1. The van der Waals surface area contributed by atoms with Crippen molar-refractivity contribution in [2.24, 2.45) is 5.41 Å². The Kier molecular flexibility index (Phi) is 7.44. The van der Waals surface area contributed by atoms with E-state index in [1.165, 1.54) is 30.4 Å². The summed E-state index contributed by atoms with van der Waals surface area (Å²) in [7, 11) is 0. The Morgan fingerprint density at radius 3 is 2.23 bits per heavy atom. The van der Waals surface area contributed by atoms with Gasteiger partial charge in [0, 0.05) is 18.7 Å². The minimum Gasteiger partial charge on any atom is -0.381 e. The first-order chi connectivity index (χ1) is 15.1. The third kappa shape index (κ3) is 5.75. The van der Waals surface area contributed by atoms with Gasteiger partial charge in [-0.3, -0.25) is 4.90 Å². The molecule has 0 amide bonds. The van der Waals surface area contributed by atoms with Gasteiger partial charge in [-0.1, -0.05) is 54.6 Å². The molecule has 0 aromatic heterocycles. The molecule has 2 aliphatic heterocycles. The molecule has 2 aromatic carbocycles. The van der Waals surface area contributed by atoms with Gasteiger partial charge in [-0.2, -0.15) is 0 Å². The van der Waals surface area contributed by atoms with Crippen molar-refractivity contribution in [1.82, 2.24) is 4.90 Å². The van der Waals surface area contributed by atoms with Gasteiger partial charge < -0.3 is 14.2 Å². The van der Waals surface area contributed by atoms with E-state index in [9.17, 15) is 0 Å². The Hall–Kier alpha value is -1.72. The number of piperidine rings is 1. The first-order valence-electron chi connectivity index (χ1n) is 11.8. The average molecular weight is 424 g/mol. The van der Waals surface area contributed by atoms with Crippen LogP contribution in [-0.2, 0) is 33.0 Å². The third-order valence-corrected chi connectivity index (χ3v) is 7.04. The summed E-state index contributed by atoms with van der Waals surface area (Å²) in [6, 6.07) is 19.6. The van der Waals surface area contributed by atoms with Gasteiger partial charge in [0.15, 0.2) is 5.79 Å². The van der Waals surface area contributed by atoms with Crippen molar-refractivity contribution in [2.45, 2.75) is 51.9 Å². The van der Waals surface area contributed by atoms with E-state index in [1.807, 2.05) is 6.92 Å². The van der Waals surface area contributed by atoms with Crippen molar-refractivity contribution in [3.63, 3.8) is 0 Å². The van der Waals surface area contributed by atoms with Crippen molar-refractivity contribution >= 4 is 0 Å². The molecule has 0 unspecified atom stereocenters. The Bertz CT molecular complexity index is 791. The van der Waals surface area contributed by atoms with Crippen LogP contribution in [-0.4, -0.2) is 44.4 Å². The maximum Gasteiger partial charge on any atom is 0.192 e. The van der Waals surface area contributed by atoms with E-state index in [2.05, 4.69) is 66.4 Å². The number of hydrogen-bond acceptors (Lipinski definition) is 4. The molecule has 168 valence electrons. The fraction of sp³-hybridized carbons (Fsp3) is 0.556. The molecule has 0 spiro atoms. The molecule has 2 heterocycles. The summed E-state index contributed by atoms with van der Waals surface area (Å²) in [6.07, 6.45) is 4.76. The van der Waals surface area contributed by atoms with Crippen molar-refractivity contribution in [1.29, 1.82) is 0 Å². The van der Waals surface area contributed by atoms with Gasteiger partial charge >= 0.3 is 0 Å². The number of nitrogens with zero attached hydrogens (tertiary/aromatic N) is 1. The second kappa shape index (κ2) is 10.3. The molecule has 0 radical (unpaired) electrons. The standard InChI is InChI=1S/C27H37NO3/c1-3-29-22-27(14-13-23-7-5-4-6-8-23)15-17-28(18-16-27)21-24-9-11-25(12-10-24)26(2)30-19-20-31-26/h4-12H,3,13-22H2,1-2H3. The lowest BCUT2D eigenvalue weighted by Crippen LogP contribution is -2.42. The third-order valence-electron chi connectivity index (χ3n) is 7.04. The van der Waals surface area contributed by atoms with Crippen LogP contribution in [0.1, 0.15) is 49.8 Å². The number of rotatable bonds is 9. The molecule has 0 saturated carbocycles. The largest absolute Gasteiger partial charge is 0.381 e. The fourth-order valence-electron chi connectivity index (χ4n) is 4.88. The number of likely N-dealkylation sites (tertiary alicyclic amines) is 1. The summed E-state index contributed by atoms with van der Waals surface area (Å²) in [5.41, 5.74) is 4.19. The Balaban J connectivity index is 1.32. The van der Waals surface area contributed by atoms with E-state index in [-0.39, 0.29) is 0 Å². The average Bonchev–Trinajstić information content (AvgIpc) is 3.27. The number of aryl methyl sites for hydroxylation is 1. The van der Waals surface area contributed by atoms with Crippen LogP contribution in [0.3, 0.4) is 0 Å². The first kappa shape index (κ1) is 22.5. The molecule has 0 atom stereocenters. The molecule has 2 saturated heterocycles. The maximum atomic E-state index is 5.95. The minimum atomic E-state index is -0.582. The molecule has 4 nitrogen and oxygen atoms in total. The monoisotopic (exact) mass is 423 g/mol. The zero-order valence-electron chi connectivity index (χ0n) is 19.1. The van der Waals surface area contributed by atoms with Crippen LogP contribution < -0.4 is 0 Å². The van der Waals surface area contributed by atoms with E-state index in [0.717, 1.165) is 44.8 Å². The van der Waals surface area contributed by atoms with Gasteiger partial charge in [-0.25, -0.2) is 0 Å². The molecule has 0 bridgehead atoms.